The Morgan fingerprint density at radius 2 is 2.23 bits per heavy atom. The molecule has 1 aliphatic heterocycles. The van der Waals surface area contributed by atoms with Crippen molar-refractivity contribution in [3.63, 3.8) is 0 Å². The van der Waals surface area contributed by atoms with Gasteiger partial charge in [-0.25, -0.2) is 0 Å². The Hall–Kier alpha value is -0.530. The molecule has 0 amide bonds. The van der Waals surface area contributed by atoms with Gasteiger partial charge in [0.1, 0.15) is 0 Å². The molecule has 1 unspecified atom stereocenters. The zero-order valence-electron chi connectivity index (χ0n) is 8.02. The van der Waals surface area contributed by atoms with Crippen LogP contribution in [0.15, 0.2) is 12.1 Å². The fraction of sp³-hybridized carbons (Fsp3) is 0.455. The molecule has 2 rings (SSSR count). The third kappa shape index (κ3) is 1.47. The van der Waals surface area contributed by atoms with Crippen LogP contribution in [0.4, 0.5) is 0 Å². The second-order valence-electron chi connectivity index (χ2n) is 3.70. The maximum absolute atomic E-state index is 6.27. The third-order valence-corrected chi connectivity index (χ3v) is 3.24. The Bertz CT molecular complexity index is 333. The predicted octanol–water partition coefficient (Wildman–Crippen LogP) is 2.86. The van der Waals surface area contributed by atoms with Gasteiger partial charge in [0.2, 0.25) is 0 Å². The van der Waals surface area contributed by atoms with Gasteiger partial charge in [0.05, 0.1) is 0 Å². The molecule has 0 spiro atoms. The van der Waals surface area contributed by atoms with E-state index in [1.807, 2.05) is 0 Å². The van der Waals surface area contributed by atoms with Crippen molar-refractivity contribution in [3.05, 3.63) is 33.8 Å². The molecule has 0 saturated carbocycles. The lowest BCUT2D eigenvalue weighted by molar-refractivity contribution is 0.541. The molecule has 1 N–H and O–H groups in total. The number of halogens is 1. The quantitative estimate of drug-likeness (QED) is 0.672. The summed E-state index contributed by atoms with van der Waals surface area (Å²) in [5, 5.41) is 4.36. The number of fused-ring (bicyclic) bond motifs is 1. The second kappa shape index (κ2) is 3.32. The molecule has 1 nitrogen and oxygen atoms in total. The summed E-state index contributed by atoms with van der Waals surface area (Å²) >= 11 is 6.27. The SMILES string of the molecule is Cc1ccc2c(c1Cl)C(C)NCC2. The summed E-state index contributed by atoms with van der Waals surface area (Å²) in [7, 11) is 0. The van der Waals surface area contributed by atoms with Crippen molar-refractivity contribution in [2.45, 2.75) is 26.3 Å². The first-order valence-corrected chi connectivity index (χ1v) is 5.09. The van der Waals surface area contributed by atoms with Crippen LogP contribution in [0, 0.1) is 6.92 Å². The molecule has 1 aliphatic rings. The molecular weight excluding hydrogens is 182 g/mol. The average molecular weight is 196 g/mol. The topological polar surface area (TPSA) is 12.0 Å². The van der Waals surface area contributed by atoms with E-state index in [4.69, 9.17) is 11.6 Å². The van der Waals surface area contributed by atoms with Crippen LogP contribution in [-0.2, 0) is 6.42 Å². The second-order valence-corrected chi connectivity index (χ2v) is 4.07. The molecule has 0 radical (unpaired) electrons. The maximum atomic E-state index is 6.27. The van der Waals surface area contributed by atoms with Crippen molar-refractivity contribution in [1.29, 1.82) is 0 Å². The zero-order chi connectivity index (χ0) is 9.42. The Balaban J connectivity index is 2.58. The van der Waals surface area contributed by atoms with E-state index in [1.165, 1.54) is 16.7 Å². The van der Waals surface area contributed by atoms with E-state index in [1.54, 1.807) is 0 Å². The Morgan fingerprint density at radius 1 is 1.46 bits per heavy atom. The molecule has 0 aliphatic carbocycles. The average Bonchev–Trinajstić information content (AvgIpc) is 2.12. The van der Waals surface area contributed by atoms with Crippen LogP contribution < -0.4 is 5.32 Å². The van der Waals surface area contributed by atoms with E-state index in [0.717, 1.165) is 18.0 Å². The predicted molar refractivity (Wildman–Crippen MR) is 56.3 cm³/mol. The maximum Gasteiger partial charge on any atom is 0.0485 e. The van der Waals surface area contributed by atoms with Crippen LogP contribution in [0.2, 0.25) is 5.02 Å². The van der Waals surface area contributed by atoms with Crippen molar-refractivity contribution in [1.82, 2.24) is 5.32 Å². The van der Waals surface area contributed by atoms with E-state index >= 15 is 0 Å². The van der Waals surface area contributed by atoms with E-state index in [2.05, 4.69) is 31.3 Å². The Kier molecular flexibility index (Phi) is 2.31. The van der Waals surface area contributed by atoms with Crippen LogP contribution in [0.5, 0.6) is 0 Å². The molecule has 13 heavy (non-hydrogen) atoms. The minimum Gasteiger partial charge on any atom is -0.310 e. The lowest BCUT2D eigenvalue weighted by Gasteiger charge is -2.25. The van der Waals surface area contributed by atoms with Crippen molar-refractivity contribution in [2.75, 3.05) is 6.54 Å². The first kappa shape index (κ1) is 9.04. The van der Waals surface area contributed by atoms with Crippen molar-refractivity contribution >= 4 is 11.6 Å². The van der Waals surface area contributed by atoms with Gasteiger partial charge in [-0.2, -0.15) is 0 Å². The third-order valence-electron chi connectivity index (χ3n) is 2.74. The first-order valence-electron chi connectivity index (χ1n) is 4.71. The molecule has 1 aromatic carbocycles. The van der Waals surface area contributed by atoms with Gasteiger partial charge in [-0.1, -0.05) is 23.7 Å². The molecule has 70 valence electrons. The molecule has 0 bridgehead atoms. The van der Waals surface area contributed by atoms with Crippen LogP contribution in [0.25, 0.3) is 0 Å². The molecule has 0 aromatic heterocycles. The lowest BCUT2D eigenvalue weighted by Crippen LogP contribution is -2.28. The highest BCUT2D eigenvalue weighted by atomic mass is 35.5. The highest BCUT2D eigenvalue weighted by molar-refractivity contribution is 6.32. The summed E-state index contributed by atoms with van der Waals surface area (Å²) in [6.07, 6.45) is 1.10. The molecule has 1 atom stereocenters. The summed E-state index contributed by atoms with van der Waals surface area (Å²) in [4.78, 5) is 0. The van der Waals surface area contributed by atoms with Gasteiger partial charge >= 0.3 is 0 Å². The number of aryl methyl sites for hydroxylation is 1. The summed E-state index contributed by atoms with van der Waals surface area (Å²) in [6.45, 7) is 5.29. The highest BCUT2D eigenvalue weighted by Gasteiger charge is 2.19. The Morgan fingerprint density at radius 3 is 3.00 bits per heavy atom. The fourth-order valence-electron chi connectivity index (χ4n) is 1.95. The van der Waals surface area contributed by atoms with Gasteiger partial charge < -0.3 is 5.32 Å². The number of benzene rings is 1. The molecule has 2 heteroatoms. The molecule has 1 aromatic rings. The normalized spacial score (nSPS) is 21.3. The largest absolute Gasteiger partial charge is 0.310 e. The van der Waals surface area contributed by atoms with Crippen molar-refractivity contribution in [3.8, 4) is 0 Å². The molecule has 0 fully saturated rings. The fourth-order valence-corrected chi connectivity index (χ4v) is 2.30. The minimum atomic E-state index is 0.399. The van der Waals surface area contributed by atoms with E-state index in [9.17, 15) is 0 Å². The number of nitrogens with one attached hydrogen (secondary N) is 1. The summed E-state index contributed by atoms with van der Waals surface area (Å²) in [5.74, 6) is 0. The zero-order valence-corrected chi connectivity index (χ0v) is 8.78. The smallest absolute Gasteiger partial charge is 0.0485 e. The molecule has 0 saturated heterocycles. The summed E-state index contributed by atoms with van der Waals surface area (Å²) in [5.41, 5.74) is 3.88. The van der Waals surface area contributed by atoms with Gasteiger partial charge in [-0.15, -0.1) is 0 Å². The molecular formula is C11H14ClN. The van der Waals surface area contributed by atoms with Gasteiger partial charge in [0, 0.05) is 11.1 Å². The minimum absolute atomic E-state index is 0.399. The number of hydrogen-bond donors (Lipinski definition) is 1. The van der Waals surface area contributed by atoms with Gasteiger partial charge in [-0.3, -0.25) is 0 Å². The van der Waals surface area contributed by atoms with Crippen LogP contribution in [-0.4, -0.2) is 6.54 Å². The number of hydrogen-bond acceptors (Lipinski definition) is 1. The van der Waals surface area contributed by atoms with E-state index < -0.39 is 0 Å². The van der Waals surface area contributed by atoms with Crippen LogP contribution in [0.3, 0.4) is 0 Å². The van der Waals surface area contributed by atoms with Gasteiger partial charge in [0.25, 0.3) is 0 Å². The van der Waals surface area contributed by atoms with Crippen LogP contribution >= 0.6 is 11.6 Å². The summed E-state index contributed by atoms with van der Waals surface area (Å²) in [6, 6.07) is 4.71. The lowest BCUT2D eigenvalue weighted by atomic mass is 9.93. The highest BCUT2D eigenvalue weighted by Crippen LogP contribution is 2.31. The monoisotopic (exact) mass is 195 g/mol. The van der Waals surface area contributed by atoms with Crippen molar-refractivity contribution in [2.24, 2.45) is 0 Å². The molecule has 1 heterocycles. The summed E-state index contributed by atoms with van der Waals surface area (Å²) < 4.78 is 0. The number of rotatable bonds is 0. The van der Waals surface area contributed by atoms with Crippen LogP contribution in [0.1, 0.15) is 29.7 Å². The Labute approximate surface area is 84.1 Å². The van der Waals surface area contributed by atoms with Gasteiger partial charge in [-0.05, 0) is 43.5 Å². The standard InChI is InChI=1S/C11H14ClN/c1-7-3-4-9-5-6-13-8(2)10(9)11(7)12/h3-4,8,13H,5-6H2,1-2H3. The van der Waals surface area contributed by atoms with Crippen molar-refractivity contribution < 1.29 is 0 Å². The van der Waals surface area contributed by atoms with E-state index in [0.29, 0.717) is 6.04 Å². The van der Waals surface area contributed by atoms with E-state index in [-0.39, 0.29) is 0 Å². The van der Waals surface area contributed by atoms with Gasteiger partial charge in [0.15, 0.2) is 0 Å². The first-order chi connectivity index (χ1) is 6.20.